The summed E-state index contributed by atoms with van der Waals surface area (Å²) in [5.41, 5.74) is 3.24. The zero-order valence-corrected chi connectivity index (χ0v) is 17.2. The number of aryl methyl sites for hydroxylation is 2. The van der Waals surface area contributed by atoms with Crippen LogP contribution in [0.15, 0.2) is 59.8 Å². The Labute approximate surface area is 174 Å². The van der Waals surface area contributed by atoms with Crippen LogP contribution in [0.1, 0.15) is 23.4 Å². The summed E-state index contributed by atoms with van der Waals surface area (Å²) < 4.78 is 4.61. The van der Waals surface area contributed by atoms with Gasteiger partial charge >= 0.3 is 0 Å². The van der Waals surface area contributed by atoms with Crippen LogP contribution < -0.4 is 15.6 Å². The van der Waals surface area contributed by atoms with Crippen molar-refractivity contribution in [3.05, 3.63) is 82.3 Å². The molecule has 152 valence electrons. The summed E-state index contributed by atoms with van der Waals surface area (Å²) in [6.45, 7) is 2.39. The van der Waals surface area contributed by atoms with Crippen LogP contribution >= 0.6 is 11.9 Å². The Balaban J connectivity index is 1.51. The third kappa shape index (κ3) is 6.25. The van der Waals surface area contributed by atoms with Crippen molar-refractivity contribution in [1.29, 1.82) is 0 Å². The lowest BCUT2D eigenvalue weighted by Gasteiger charge is -2.13. The maximum absolute atomic E-state index is 12.7. The molecule has 8 heteroatoms. The highest BCUT2D eigenvalue weighted by atomic mass is 32.2. The summed E-state index contributed by atoms with van der Waals surface area (Å²) in [6.07, 6.45) is 5.04. The second-order valence-electron chi connectivity index (χ2n) is 6.69. The van der Waals surface area contributed by atoms with Gasteiger partial charge in [0.2, 0.25) is 5.91 Å². The van der Waals surface area contributed by atoms with Gasteiger partial charge in [-0.1, -0.05) is 30.3 Å². The summed E-state index contributed by atoms with van der Waals surface area (Å²) in [5.74, 6) is 0.569. The lowest BCUT2D eigenvalue weighted by molar-refractivity contribution is -0.121. The first-order valence-corrected chi connectivity index (χ1v) is 10.5. The van der Waals surface area contributed by atoms with Gasteiger partial charge in [0.15, 0.2) is 0 Å². The van der Waals surface area contributed by atoms with Gasteiger partial charge in [0.05, 0.1) is 6.33 Å². The maximum Gasteiger partial charge on any atom is 0.275 e. The van der Waals surface area contributed by atoms with E-state index in [0.29, 0.717) is 12.2 Å². The van der Waals surface area contributed by atoms with Gasteiger partial charge in [-0.25, -0.2) is 4.98 Å². The number of imidazole rings is 1. The van der Waals surface area contributed by atoms with Crippen molar-refractivity contribution in [3.63, 3.8) is 0 Å². The van der Waals surface area contributed by atoms with E-state index in [4.69, 9.17) is 0 Å². The monoisotopic (exact) mass is 411 g/mol. The van der Waals surface area contributed by atoms with Crippen LogP contribution in [0, 0.1) is 6.92 Å². The topological polar surface area (TPSA) is 91.8 Å². The molecule has 1 aromatic carbocycles. The van der Waals surface area contributed by atoms with Crippen molar-refractivity contribution in [1.82, 2.24) is 19.9 Å². The molecule has 0 aliphatic heterocycles. The molecule has 7 nitrogen and oxygen atoms in total. The third-order valence-electron chi connectivity index (χ3n) is 4.46. The van der Waals surface area contributed by atoms with Gasteiger partial charge in [-0.15, -0.1) is 0 Å². The second kappa shape index (κ2) is 10.5. The molecule has 0 saturated heterocycles. The smallest absolute Gasteiger partial charge is 0.275 e. The molecule has 0 aliphatic carbocycles. The summed E-state index contributed by atoms with van der Waals surface area (Å²) >= 11 is 1.45. The molecule has 3 aromatic rings. The molecule has 0 bridgehead atoms. The van der Waals surface area contributed by atoms with E-state index < -0.39 is 0 Å². The van der Waals surface area contributed by atoms with Crippen LogP contribution in [0.5, 0.6) is 0 Å². The zero-order valence-electron chi connectivity index (χ0n) is 16.4. The Morgan fingerprint density at radius 3 is 2.79 bits per heavy atom. The number of nitrogens with zero attached hydrogens (tertiary/aromatic N) is 2. The molecule has 0 aliphatic rings. The van der Waals surface area contributed by atoms with Crippen LogP contribution in [0.25, 0.3) is 0 Å². The molecular weight excluding hydrogens is 386 g/mol. The molecular formula is C21H25N5O2S. The summed E-state index contributed by atoms with van der Waals surface area (Å²) in [5, 5.41) is 2.87. The van der Waals surface area contributed by atoms with E-state index in [-0.39, 0.29) is 18.0 Å². The molecule has 3 rings (SSSR count). The van der Waals surface area contributed by atoms with Gasteiger partial charge in [0.25, 0.3) is 5.56 Å². The number of H-pyrrole nitrogens is 1. The predicted octanol–water partition coefficient (Wildman–Crippen LogP) is 2.89. The zero-order chi connectivity index (χ0) is 20.5. The van der Waals surface area contributed by atoms with E-state index in [1.807, 2.05) is 43.3 Å². The summed E-state index contributed by atoms with van der Waals surface area (Å²) in [4.78, 5) is 32.0. The lowest BCUT2D eigenvalue weighted by Crippen LogP contribution is -2.34. The molecule has 0 radical (unpaired) electrons. The van der Waals surface area contributed by atoms with Gasteiger partial charge in [-0.3, -0.25) is 9.59 Å². The molecule has 0 unspecified atom stereocenters. The van der Waals surface area contributed by atoms with E-state index >= 15 is 0 Å². The van der Waals surface area contributed by atoms with Crippen LogP contribution in [0.2, 0.25) is 0 Å². The molecule has 2 aromatic heterocycles. The number of amides is 1. The molecule has 2 heterocycles. The lowest BCUT2D eigenvalue weighted by atomic mass is 10.2. The van der Waals surface area contributed by atoms with E-state index in [1.54, 1.807) is 18.6 Å². The molecule has 0 spiro atoms. The molecule has 3 N–H and O–H groups in total. The number of hydrogen-bond donors (Lipinski definition) is 3. The van der Waals surface area contributed by atoms with E-state index in [1.165, 1.54) is 22.1 Å². The fraction of sp³-hybridized carbons (Fsp3) is 0.286. The fourth-order valence-electron chi connectivity index (χ4n) is 2.84. The molecule has 1 amide bonds. The van der Waals surface area contributed by atoms with Crippen LogP contribution in [-0.4, -0.2) is 27.0 Å². The SMILES string of the molecule is Cc1ccc(NSCc2ccccc2)c(=O)n1CC(=O)NCCCc1cnc[nH]1. The number of carbonyl (C=O) groups excluding carboxylic acids is 1. The number of benzene rings is 1. The Hall–Kier alpha value is -3.00. The van der Waals surface area contributed by atoms with E-state index in [9.17, 15) is 9.59 Å². The van der Waals surface area contributed by atoms with Crippen LogP contribution in [0.4, 0.5) is 5.69 Å². The number of nitrogens with one attached hydrogen (secondary N) is 3. The van der Waals surface area contributed by atoms with Crippen molar-refractivity contribution >= 4 is 23.5 Å². The van der Waals surface area contributed by atoms with Crippen molar-refractivity contribution in [3.8, 4) is 0 Å². The molecule has 0 saturated carbocycles. The number of carbonyl (C=O) groups is 1. The van der Waals surface area contributed by atoms with Crippen molar-refractivity contribution in [2.24, 2.45) is 0 Å². The van der Waals surface area contributed by atoms with E-state index in [2.05, 4.69) is 20.0 Å². The third-order valence-corrected chi connectivity index (χ3v) is 5.30. The van der Waals surface area contributed by atoms with Gasteiger partial charge in [-0.2, -0.15) is 0 Å². The van der Waals surface area contributed by atoms with E-state index in [0.717, 1.165) is 30.0 Å². The number of rotatable bonds is 10. The highest BCUT2D eigenvalue weighted by molar-refractivity contribution is 7.99. The largest absolute Gasteiger partial charge is 0.355 e. The average Bonchev–Trinajstić information content (AvgIpc) is 3.24. The first kappa shape index (κ1) is 20.7. The van der Waals surface area contributed by atoms with Gasteiger partial charge < -0.3 is 19.6 Å². The first-order chi connectivity index (χ1) is 14.1. The Morgan fingerprint density at radius 2 is 2.03 bits per heavy atom. The predicted molar refractivity (Wildman–Crippen MR) is 117 cm³/mol. The van der Waals surface area contributed by atoms with Crippen molar-refractivity contribution < 1.29 is 4.79 Å². The minimum Gasteiger partial charge on any atom is -0.355 e. The number of aromatic amines is 1. The summed E-state index contributed by atoms with van der Waals surface area (Å²) in [6, 6.07) is 13.6. The first-order valence-electron chi connectivity index (χ1n) is 9.49. The quantitative estimate of drug-likeness (QED) is 0.352. The second-order valence-corrected chi connectivity index (χ2v) is 7.47. The average molecular weight is 412 g/mol. The maximum atomic E-state index is 12.7. The highest BCUT2D eigenvalue weighted by Crippen LogP contribution is 2.14. The Bertz CT molecular complexity index is 970. The van der Waals surface area contributed by atoms with Crippen LogP contribution in [0.3, 0.4) is 0 Å². The van der Waals surface area contributed by atoms with Gasteiger partial charge in [0, 0.05) is 29.9 Å². The van der Waals surface area contributed by atoms with Crippen LogP contribution in [-0.2, 0) is 23.5 Å². The molecule has 0 atom stereocenters. The Morgan fingerprint density at radius 1 is 1.21 bits per heavy atom. The van der Waals surface area contributed by atoms with Crippen molar-refractivity contribution in [2.45, 2.75) is 32.1 Å². The number of anilines is 1. The fourth-order valence-corrected chi connectivity index (χ4v) is 3.59. The highest BCUT2D eigenvalue weighted by Gasteiger charge is 2.10. The number of pyridine rings is 1. The Kier molecular flexibility index (Phi) is 7.52. The van der Waals surface area contributed by atoms with Gasteiger partial charge in [0.1, 0.15) is 12.2 Å². The minimum atomic E-state index is -0.196. The minimum absolute atomic E-state index is 0.00754. The van der Waals surface area contributed by atoms with Gasteiger partial charge in [-0.05, 0) is 49.4 Å². The molecule has 29 heavy (non-hydrogen) atoms. The number of hydrogen-bond acceptors (Lipinski definition) is 5. The van der Waals surface area contributed by atoms with Crippen molar-refractivity contribution in [2.75, 3.05) is 11.3 Å². The molecule has 0 fully saturated rings. The number of aromatic nitrogens is 3. The summed E-state index contributed by atoms with van der Waals surface area (Å²) in [7, 11) is 0. The normalized spacial score (nSPS) is 10.7. The standard InChI is InChI=1S/C21H25N5O2S/c1-16-9-10-19(25-29-14-17-6-3-2-4-7-17)21(28)26(16)13-20(27)23-11-5-8-18-12-22-15-24-18/h2-4,6-7,9-10,12,15,25H,5,8,11,13-14H2,1H3,(H,22,24)(H,23,27).